The van der Waals surface area contributed by atoms with Gasteiger partial charge in [-0.3, -0.25) is 4.98 Å². The van der Waals surface area contributed by atoms with Gasteiger partial charge in [-0.15, -0.1) is 0 Å². The van der Waals surface area contributed by atoms with Crippen LogP contribution in [-0.2, 0) is 0 Å². The van der Waals surface area contributed by atoms with Crippen molar-refractivity contribution in [2.45, 2.75) is 12.5 Å². The van der Waals surface area contributed by atoms with Crippen LogP contribution in [0.1, 0.15) is 12.0 Å². The molecule has 0 spiro atoms. The average Bonchev–Trinajstić information content (AvgIpc) is 2.56. The molecule has 1 N–H and O–H groups in total. The third kappa shape index (κ3) is 1.53. The highest BCUT2D eigenvalue weighted by Crippen LogP contribution is 2.36. The van der Waals surface area contributed by atoms with Crippen LogP contribution in [0.25, 0.3) is 5.57 Å². The molecule has 2 heterocycles. The summed E-state index contributed by atoms with van der Waals surface area (Å²) >= 11 is 0. The maximum absolute atomic E-state index is 5.23. The van der Waals surface area contributed by atoms with Crippen LogP contribution < -0.4 is 10.1 Å². The number of aromatic nitrogens is 1. The van der Waals surface area contributed by atoms with Crippen molar-refractivity contribution in [3.63, 3.8) is 0 Å². The van der Waals surface area contributed by atoms with Crippen LogP contribution in [0, 0.1) is 5.92 Å². The fourth-order valence-corrected chi connectivity index (χ4v) is 2.35. The summed E-state index contributed by atoms with van der Waals surface area (Å²) in [4.78, 5) is 4.18. The SMILES string of the molecule is C=COc1cncc(C2=C[C@H]3NC[C@H]3C2)c1. The molecule has 1 saturated heterocycles. The van der Waals surface area contributed by atoms with Gasteiger partial charge in [-0.05, 0) is 29.5 Å². The molecule has 0 saturated carbocycles. The molecule has 0 amide bonds. The Bertz CT molecular complexity index is 453. The zero-order chi connectivity index (χ0) is 11.0. The predicted molar refractivity (Wildman–Crippen MR) is 62.9 cm³/mol. The smallest absolute Gasteiger partial charge is 0.145 e. The van der Waals surface area contributed by atoms with Crippen molar-refractivity contribution in [1.29, 1.82) is 0 Å². The van der Waals surface area contributed by atoms with Crippen molar-refractivity contribution in [3.05, 3.63) is 42.9 Å². The van der Waals surface area contributed by atoms with Gasteiger partial charge in [0.2, 0.25) is 0 Å². The van der Waals surface area contributed by atoms with Crippen LogP contribution in [-0.4, -0.2) is 17.6 Å². The molecule has 3 nitrogen and oxygen atoms in total. The number of nitrogens with zero attached hydrogens (tertiary/aromatic N) is 1. The second-order valence-corrected chi connectivity index (χ2v) is 4.28. The van der Waals surface area contributed by atoms with Crippen molar-refractivity contribution in [1.82, 2.24) is 10.3 Å². The first kappa shape index (κ1) is 9.60. The summed E-state index contributed by atoms with van der Waals surface area (Å²) in [6.45, 7) is 4.68. The second-order valence-electron chi connectivity index (χ2n) is 4.28. The molecular weight excluding hydrogens is 200 g/mol. The minimum atomic E-state index is 0.582. The van der Waals surface area contributed by atoms with Crippen molar-refractivity contribution in [3.8, 4) is 5.75 Å². The van der Waals surface area contributed by atoms with E-state index in [4.69, 9.17) is 4.74 Å². The molecule has 1 aromatic rings. The average molecular weight is 214 g/mol. The molecule has 0 bridgehead atoms. The van der Waals surface area contributed by atoms with Gasteiger partial charge < -0.3 is 10.1 Å². The van der Waals surface area contributed by atoms with Crippen molar-refractivity contribution in [2.75, 3.05) is 6.54 Å². The number of hydrogen-bond donors (Lipinski definition) is 1. The van der Waals surface area contributed by atoms with E-state index in [9.17, 15) is 0 Å². The zero-order valence-corrected chi connectivity index (χ0v) is 9.02. The van der Waals surface area contributed by atoms with Gasteiger partial charge in [0.15, 0.2) is 0 Å². The highest BCUT2D eigenvalue weighted by molar-refractivity contribution is 5.69. The Labute approximate surface area is 94.8 Å². The third-order valence-corrected chi connectivity index (χ3v) is 3.29. The van der Waals surface area contributed by atoms with Crippen molar-refractivity contribution in [2.24, 2.45) is 5.92 Å². The van der Waals surface area contributed by atoms with Gasteiger partial charge in [-0.25, -0.2) is 0 Å². The van der Waals surface area contributed by atoms with Crippen LogP contribution in [0.4, 0.5) is 0 Å². The Morgan fingerprint density at radius 3 is 3.06 bits per heavy atom. The van der Waals surface area contributed by atoms with Crippen LogP contribution in [0.5, 0.6) is 5.75 Å². The first-order valence-corrected chi connectivity index (χ1v) is 5.54. The fourth-order valence-electron chi connectivity index (χ4n) is 2.35. The molecule has 1 aliphatic heterocycles. The largest absolute Gasteiger partial charge is 0.464 e. The number of ether oxygens (including phenoxy) is 1. The molecule has 3 heteroatoms. The second kappa shape index (κ2) is 3.76. The predicted octanol–water partition coefficient (Wildman–Crippen LogP) is 1.98. The zero-order valence-electron chi connectivity index (χ0n) is 9.02. The molecular formula is C13H14N2O. The number of hydrogen-bond acceptors (Lipinski definition) is 3. The topological polar surface area (TPSA) is 34.1 Å². The van der Waals surface area contributed by atoms with Crippen molar-refractivity contribution < 1.29 is 4.74 Å². The van der Waals surface area contributed by atoms with E-state index in [0.717, 1.165) is 30.2 Å². The number of nitrogens with one attached hydrogen (secondary N) is 1. The lowest BCUT2D eigenvalue weighted by atomic mass is 9.94. The van der Waals surface area contributed by atoms with E-state index in [0.29, 0.717) is 6.04 Å². The molecule has 0 unspecified atom stereocenters. The van der Waals surface area contributed by atoms with Gasteiger partial charge in [-0.2, -0.15) is 0 Å². The number of rotatable bonds is 3. The first-order valence-electron chi connectivity index (χ1n) is 5.54. The lowest BCUT2D eigenvalue weighted by Crippen LogP contribution is -2.49. The summed E-state index contributed by atoms with van der Waals surface area (Å²) in [5.74, 6) is 1.54. The summed E-state index contributed by atoms with van der Waals surface area (Å²) in [5.41, 5.74) is 2.54. The van der Waals surface area contributed by atoms with E-state index in [2.05, 4.69) is 23.0 Å². The Hall–Kier alpha value is -1.61. The van der Waals surface area contributed by atoms with Gasteiger partial charge >= 0.3 is 0 Å². The van der Waals surface area contributed by atoms with E-state index >= 15 is 0 Å². The molecule has 0 aromatic carbocycles. The van der Waals surface area contributed by atoms with Crippen molar-refractivity contribution >= 4 is 5.57 Å². The molecule has 82 valence electrons. The third-order valence-electron chi connectivity index (χ3n) is 3.29. The van der Waals surface area contributed by atoms with E-state index < -0.39 is 0 Å². The Morgan fingerprint density at radius 2 is 2.44 bits per heavy atom. The van der Waals surface area contributed by atoms with Crippen LogP contribution in [0.3, 0.4) is 0 Å². The molecule has 1 aliphatic carbocycles. The standard InChI is InChI=1S/C13H14N2O/c1-2-16-12-4-10(6-14-8-12)9-3-11-7-15-13(11)5-9/h2,4-6,8,11,13,15H,1,3,7H2/t11-,13-/m1/s1. The van der Waals surface area contributed by atoms with Gasteiger partial charge in [0.1, 0.15) is 5.75 Å². The first-order chi connectivity index (χ1) is 7.86. The Balaban J connectivity index is 1.86. The maximum atomic E-state index is 5.23. The molecule has 3 rings (SSSR count). The van der Waals surface area contributed by atoms with Gasteiger partial charge in [0.05, 0.1) is 12.5 Å². The molecule has 16 heavy (non-hydrogen) atoms. The Morgan fingerprint density at radius 1 is 1.50 bits per heavy atom. The van der Waals surface area contributed by atoms with E-state index in [1.54, 1.807) is 6.20 Å². The maximum Gasteiger partial charge on any atom is 0.145 e. The lowest BCUT2D eigenvalue weighted by molar-refractivity contribution is 0.301. The Kier molecular flexibility index (Phi) is 2.26. The highest BCUT2D eigenvalue weighted by atomic mass is 16.5. The fraction of sp³-hybridized carbons (Fsp3) is 0.308. The molecule has 2 aliphatic rings. The normalized spacial score (nSPS) is 26.6. The van der Waals surface area contributed by atoms with E-state index in [1.807, 2.05) is 12.3 Å². The highest BCUT2D eigenvalue weighted by Gasteiger charge is 2.34. The quantitative estimate of drug-likeness (QED) is 0.781. The molecule has 1 aromatic heterocycles. The van der Waals surface area contributed by atoms with E-state index in [1.165, 1.54) is 11.8 Å². The van der Waals surface area contributed by atoms with Crippen LogP contribution >= 0.6 is 0 Å². The minimum Gasteiger partial charge on any atom is -0.464 e. The molecule has 1 fully saturated rings. The summed E-state index contributed by atoms with van der Waals surface area (Å²) in [6, 6.07) is 2.60. The van der Waals surface area contributed by atoms with Crippen LogP contribution in [0.15, 0.2) is 37.4 Å². The monoisotopic (exact) mass is 214 g/mol. The number of allylic oxidation sites excluding steroid dienone is 1. The number of fused-ring (bicyclic) bond motifs is 1. The van der Waals surface area contributed by atoms with Gasteiger partial charge in [-0.1, -0.05) is 12.7 Å². The summed E-state index contributed by atoms with van der Waals surface area (Å²) in [6.07, 6.45) is 8.48. The lowest BCUT2D eigenvalue weighted by Gasteiger charge is -2.31. The number of pyridine rings is 1. The summed E-state index contributed by atoms with van der Waals surface area (Å²) in [5, 5.41) is 3.40. The van der Waals surface area contributed by atoms with Gasteiger partial charge in [0.25, 0.3) is 0 Å². The summed E-state index contributed by atoms with van der Waals surface area (Å²) in [7, 11) is 0. The minimum absolute atomic E-state index is 0.582. The molecule has 0 radical (unpaired) electrons. The van der Waals surface area contributed by atoms with E-state index in [-0.39, 0.29) is 0 Å². The van der Waals surface area contributed by atoms with Gasteiger partial charge in [0, 0.05) is 18.8 Å². The molecule has 2 atom stereocenters. The van der Waals surface area contributed by atoms with Crippen LogP contribution in [0.2, 0.25) is 0 Å². The summed E-state index contributed by atoms with van der Waals surface area (Å²) < 4.78 is 5.23.